The summed E-state index contributed by atoms with van der Waals surface area (Å²) in [5.41, 5.74) is 26.2. The van der Waals surface area contributed by atoms with Gasteiger partial charge < -0.3 is 62.0 Å². The monoisotopic (exact) mass is 2020 g/mol. The van der Waals surface area contributed by atoms with Gasteiger partial charge in [-0.05, 0) is 217 Å². The molecule has 141 heavy (non-hydrogen) atoms. The molecule has 15 heterocycles. The van der Waals surface area contributed by atoms with Gasteiger partial charge in [0, 0.05) is 147 Å². The molecule has 24 nitrogen and oxygen atoms in total. The third-order valence-electron chi connectivity index (χ3n) is 26.8. The van der Waals surface area contributed by atoms with E-state index in [1.165, 1.54) is 127 Å². The average molecular weight is 2020 g/mol. The minimum atomic E-state index is -1.71. The number of nitrogens with zero attached hydrogens (tertiary/aromatic N) is 13. The molecule has 10 aliphatic rings. The number of halogens is 9. The first kappa shape index (κ1) is 102. The summed E-state index contributed by atoms with van der Waals surface area (Å²) in [7, 11) is 5.35. The van der Waals surface area contributed by atoms with Gasteiger partial charge in [-0.1, -0.05) is 82.9 Å². The molecule has 734 valence electrons. The summed E-state index contributed by atoms with van der Waals surface area (Å²) in [5, 5.41) is 1.49. The zero-order chi connectivity index (χ0) is 100. The van der Waals surface area contributed by atoms with Crippen molar-refractivity contribution in [2.45, 2.75) is 160 Å². The van der Waals surface area contributed by atoms with Crippen LogP contribution in [0.5, 0.6) is 5.75 Å². The number of benzene rings is 5. The Balaban J connectivity index is 0.000000127. The highest BCUT2D eigenvalue weighted by atomic mass is 32.2. The van der Waals surface area contributed by atoms with E-state index in [1.54, 1.807) is 99.0 Å². The predicted octanol–water partition coefficient (Wildman–Crippen LogP) is 19.7. The van der Waals surface area contributed by atoms with Crippen LogP contribution in [0.25, 0.3) is 65.3 Å². The molecular formula is C103H103F9N18O6S5. The number of anilines is 1. The van der Waals surface area contributed by atoms with Crippen LogP contribution in [-0.4, -0.2) is 193 Å². The molecule has 0 saturated carbocycles. The lowest BCUT2D eigenvalue weighted by Crippen LogP contribution is -2.60. The van der Waals surface area contributed by atoms with Gasteiger partial charge in [-0.15, -0.1) is 5.92 Å². The van der Waals surface area contributed by atoms with Crippen LogP contribution in [0, 0.1) is 48.3 Å². The van der Waals surface area contributed by atoms with E-state index in [4.69, 9.17) is 70.2 Å². The lowest BCUT2D eigenvalue weighted by molar-refractivity contribution is -0.106. The molecule has 0 amide bonds. The van der Waals surface area contributed by atoms with Gasteiger partial charge in [0.15, 0.2) is 54.2 Å². The number of alkyl halides is 5. The summed E-state index contributed by atoms with van der Waals surface area (Å²) in [6, 6.07) is 34.2. The summed E-state index contributed by atoms with van der Waals surface area (Å²) >= 11 is 5.99. The SMILES string of the molecule is CC#Cc1cncc(-c2cc(F)cc([C@]34CO[C@@H](C)C[C@@]3(F)CSC(N)=N4)c2)c1.COc1cncc(-c2cc(F)cc([C@]34CO[C@@H](C)C[C@@]3(F)CSC(N)=N4)c2)c1.C[C@H]1C[C@@]2(F)CSC(N)=N[C@@]2(c2cc(F)cc(-c3cncc(N(C)C)c3)c2)CO1.[C-]#[N+]c1cncc(-c2cc(F)cc([C@]34CO[C@@H](C)C[C@@]3(F)CSC(N)=N4)c2)c1.[C-]#[N+]c1cncc(-c2cccc([C@]34CO[C@@H](C)C[C@@]3(F)CSC(N)=N4)c2)c1. The molecule has 0 unspecified atom stereocenters. The number of thioether (sulfide) groups is 5. The van der Waals surface area contributed by atoms with E-state index in [2.05, 4.69) is 71.4 Å². The number of hydrogen-bond donors (Lipinski definition) is 5. The van der Waals surface area contributed by atoms with Crippen LogP contribution >= 0.6 is 58.8 Å². The van der Waals surface area contributed by atoms with Crippen molar-refractivity contribution in [3.63, 3.8) is 0 Å². The van der Waals surface area contributed by atoms with Crippen LogP contribution in [0.4, 0.5) is 56.6 Å². The maximum absolute atomic E-state index is 16.2. The molecular weight excluding hydrogens is 1920 g/mol. The number of hydrogen-bond acceptors (Lipinski definition) is 27. The minimum Gasteiger partial charge on any atom is -0.495 e. The highest BCUT2D eigenvalue weighted by molar-refractivity contribution is 8.15. The fourth-order valence-corrected chi connectivity index (χ4v) is 24.3. The summed E-state index contributed by atoms with van der Waals surface area (Å²) in [6.07, 6.45) is 15.8. The van der Waals surface area contributed by atoms with Gasteiger partial charge in [0.25, 0.3) is 0 Å². The van der Waals surface area contributed by atoms with E-state index in [0.29, 0.717) is 88.7 Å². The van der Waals surface area contributed by atoms with Gasteiger partial charge >= 0.3 is 0 Å². The fourth-order valence-electron chi connectivity index (χ4n) is 19.6. The smallest absolute Gasteiger partial charge is 0.205 e. The van der Waals surface area contributed by atoms with Crippen molar-refractivity contribution >= 4 is 102 Å². The number of nitrogens with two attached hydrogens (primary N) is 5. The standard InChI is InChI=1S/C22H21F2N3OS.C21H24F2N4OS.C20H18F2N4OS.C20H21F2N3O2S.C20H19FN4OS/c1-3-4-15-5-17(11-26-10-15)16-6-18(8-19(23)7-16)22-12-28-14(2)9-21(22,24)13-29-20(25)27-22;1-13-8-20(23)12-29-19(24)26-21(20,11-28-13)16-4-14(5-17(22)7-16)15-6-18(27(2)3)10-25-9-15;1-12-7-19(22)11-28-18(23)26-20(19,10-27-12)15-3-13(4-16(21)6-15)14-5-17(24-2)9-25-8-14;1-12-7-19(22)11-28-18(23)25-20(19,10-27-12)15-3-13(4-16(21)6-15)14-5-17(26-2)9-24-8-14;1-13-8-19(21)12-27-18(22)25-20(19,11-26-13)16-5-3-4-14(6-16)15-7-17(23-2)10-24-9-15/h5-8,10-11,14H,9,12-13H2,1-2H3,(H2,25,27);4-7,9-10,13H,8,11-12H2,1-3H3,(H2,24,26);3-6,8-9,12H,7,10-11H2,1H3,(H2,23,26);3-6,8-9,12H,7,10-11H2,1-2H3,(H2,23,25);3-7,9-10,13H,8,11-12H2,1H3,(H2,22,25)/t14-,21+,22+;13-,20+,21+;2*12-,19+,20+;13-,19+,20+/m00000/s1. The topological polar surface area (TPSA) is 324 Å². The predicted molar refractivity (Wildman–Crippen MR) is 542 cm³/mol. The maximum Gasteiger partial charge on any atom is 0.205 e. The van der Waals surface area contributed by atoms with E-state index < -0.39 is 79.3 Å². The molecule has 10 aliphatic heterocycles. The second-order valence-electron chi connectivity index (χ2n) is 36.8. The van der Waals surface area contributed by atoms with Crippen molar-refractivity contribution in [3.05, 3.63) is 269 Å². The summed E-state index contributed by atoms with van der Waals surface area (Å²) in [4.78, 5) is 51.9. The first-order valence-corrected chi connectivity index (χ1v) is 50.1. The fraction of sp³-hybridized carbons (Fsp3) is 0.379. The summed E-state index contributed by atoms with van der Waals surface area (Å²) in [6.45, 7) is 25.4. The van der Waals surface area contributed by atoms with Gasteiger partial charge in [0.2, 0.25) is 11.4 Å². The largest absolute Gasteiger partial charge is 0.495 e. The first-order valence-electron chi connectivity index (χ1n) is 45.2. The molecule has 5 aromatic carbocycles. The first-order chi connectivity index (χ1) is 67.2. The molecule has 10 aromatic rings. The van der Waals surface area contributed by atoms with Gasteiger partial charge in [-0.25, -0.2) is 74.2 Å². The Bertz CT molecular complexity index is 6760. The molecule has 0 bridgehead atoms. The second kappa shape index (κ2) is 41.3. The van der Waals surface area contributed by atoms with Gasteiger partial charge in [-0.2, -0.15) is 0 Å². The number of fused-ring (bicyclic) bond motifs is 5. The van der Waals surface area contributed by atoms with Crippen LogP contribution in [0.15, 0.2) is 214 Å². The number of rotatable bonds is 12. The zero-order valence-corrected chi connectivity index (χ0v) is 82.6. The Morgan fingerprint density at radius 2 is 0.652 bits per heavy atom. The lowest BCUT2D eigenvalue weighted by atomic mass is 9.72. The van der Waals surface area contributed by atoms with Crippen LogP contribution in [0.3, 0.4) is 0 Å². The van der Waals surface area contributed by atoms with E-state index in [9.17, 15) is 17.6 Å². The van der Waals surface area contributed by atoms with E-state index in [-0.39, 0.29) is 140 Å². The van der Waals surface area contributed by atoms with Crippen LogP contribution in [0.2, 0.25) is 0 Å². The van der Waals surface area contributed by atoms with Gasteiger partial charge in [-0.3, -0.25) is 24.9 Å². The number of pyridine rings is 5. The van der Waals surface area contributed by atoms with Crippen molar-refractivity contribution in [1.29, 1.82) is 0 Å². The Kier molecular flexibility index (Phi) is 29.9. The molecule has 10 N–H and O–H groups in total. The molecule has 0 radical (unpaired) electrons. The highest BCUT2D eigenvalue weighted by Gasteiger charge is 2.65. The second-order valence-corrected chi connectivity index (χ2v) is 41.8. The highest BCUT2D eigenvalue weighted by Crippen LogP contribution is 2.58. The Morgan fingerprint density at radius 3 is 0.979 bits per heavy atom. The number of aromatic nitrogens is 5. The van der Waals surface area contributed by atoms with Crippen molar-refractivity contribution in [2.75, 3.05) is 87.9 Å². The van der Waals surface area contributed by atoms with Crippen LogP contribution in [0.1, 0.15) is 107 Å². The van der Waals surface area contributed by atoms with Crippen molar-refractivity contribution < 1.29 is 67.9 Å². The van der Waals surface area contributed by atoms with Crippen molar-refractivity contribution in [3.8, 4) is 73.2 Å². The summed E-state index contributed by atoms with van der Waals surface area (Å²) < 4.78 is 174. The van der Waals surface area contributed by atoms with E-state index in [0.717, 1.165) is 33.5 Å². The maximum atomic E-state index is 16.2. The summed E-state index contributed by atoms with van der Waals surface area (Å²) in [5.74, 6) is 5.23. The molecule has 38 heteroatoms. The molecule has 0 spiro atoms. The molecule has 20 rings (SSSR count). The third-order valence-corrected chi connectivity index (χ3v) is 31.7. The molecule has 5 saturated heterocycles. The van der Waals surface area contributed by atoms with Crippen molar-refractivity contribution in [1.82, 2.24) is 24.9 Å². The molecule has 5 aromatic heterocycles. The van der Waals surface area contributed by atoms with Crippen LogP contribution in [-0.2, 0) is 51.4 Å². The molecule has 5 fully saturated rings. The lowest BCUT2D eigenvalue weighted by Gasteiger charge is -2.49. The number of amidine groups is 5. The molecule has 0 aliphatic carbocycles. The Morgan fingerprint density at radius 1 is 0.362 bits per heavy atom. The van der Waals surface area contributed by atoms with E-state index >= 15 is 22.0 Å². The third kappa shape index (κ3) is 20.7. The Hall–Kier alpha value is -11.7. The quantitative estimate of drug-likeness (QED) is 0.0431. The van der Waals surface area contributed by atoms with Gasteiger partial charge in [0.05, 0.1) is 102 Å². The van der Waals surface area contributed by atoms with Crippen molar-refractivity contribution in [2.24, 2.45) is 53.6 Å². The number of aliphatic imine (C=N–C) groups is 5. The zero-order valence-electron chi connectivity index (χ0n) is 78.5. The van der Waals surface area contributed by atoms with Crippen LogP contribution < -0.4 is 38.3 Å². The minimum absolute atomic E-state index is 0.00514. The number of methoxy groups -OCH3 is 1. The normalized spacial score (nSPS) is 29.4. The Labute approximate surface area is 832 Å². The van der Waals surface area contributed by atoms with E-state index in [1.807, 2.05) is 90.0 Å². The average Bonchev–Trinajstić information content (AvgIpc) is 0.729. The van der Waals surface area contributed by atoms with Gasteiger partial charge in [0.1, 0.15) is 56.7 Å². The number of ether oxygens (including phenoxy) is 6. The molecule has 15 atom stereocenters.